The maximum atomic E-state index is 11.1. The third kappa shape index (κ3) is 1.74. The first-order valence-electron chi connectivity index (χ1n) is 5.96. The predicted octanol–water partition coefficient (Wildman–Crippen LogP) is 2.66. The number of fused-ring (bicyclic) bond motifs is 1. The molecule has 0 aliphatic heterocycles. The summed E-state index contributed by atoms with van der Waals surface area (Å²) in [7, 11) is 1.89. The van der Waals surface area contributed by atoms with Crippen molar-refractivity contribution in [3.8, 4) is 11.3 Å². The van der Waals surface area contributed by atoms with Crippen molar-refractivity contribution in [3.63, 3.8) is 0 Å². The molecule has 0 spiro atoms. The van der Waals surface area contributed by atoms with Gasteiger partial charge in [0, 0.05) is 19.5 Å². The zero-order valence-corrected chi connectivity index (χ0v) is 11.0. The molecule has 0 N–H and O–H groups in total. The summed E-state index contributed by atoms with van der Waals surface area (Å²) in [5.41, 5.74) is 3.66. The molecule has 0 aliphatic carbocycles. The van der Waals surface area contributed by atoms with E-state index in [9.17, 15) is 4.79 Å². The summed E-state index contributed by atoms with van der Waals surface area (Å²) >= 11 is 0. The molecule has 0 saturated heterocycles. The molecule has 5 nitrogen and oxygen atoms in total. The topological polar surface area (TPSA) is 60.9 Å². The third-order valence-corrected chi connectivity index (χ3v) is 3.23. The Morgan fingerprint density at radius 2 is 2.05 bits per heavy atom. The van der Waals surface area contributed by atoms with Crippen molar-refractivity contribution < 1.29 is 9.21 Å². The Balaban J connectivity index is 2.26. The van der Waals surface area contributed by atoms with Crippen LogP contribution in [0.2, 0.25) is 0 Å². The highest BCUT2D eigenvalue weighted by Gasteiger charge is 2.15. The number of aryl methyl sites for hydroxylation is 2. The smallest absolute Gasteiger partial charge is 0.192 e. The van der Waals surface area contributed by atoms with Crippen LogP contribution >= 0.6 is 0 Å². The number of benzene rings is 1. The summed E-state index contributed by atoms with van der Waals surface area (Å²) in [4.78, 5) is 19.6. The van der Waals surface area contributed by atoms with E-state index in [0.717, 1.165) is 28.9 Å². The fraction of sp³-hybridized carbons (Fsp3) is 0.214. The standard InChI is InChI=1S/C14H13N3O2/c1-8-15-12(7-18)14(17(8)3)10-4-5-11-13(6-10)19-9(2)16-11/h4-7H,1-3H3. The largest absolute Gasteiger partial charge is 0.441 e. The second kappa shape index (κ2) is 4.05. The first-order valence-corrected chi connectivity index (χ1v) is 5.96. The Morgan fingerprint density at radius 3 is 2.79 bits per heavy atom. The SMILES string of the molecule is Cc1nc2ccc(-c3c(C=O)nc(C)n3C)cc2o1. The van der Waals surface area contributed by atoms with Crippen molar-refractivity contribution in [2.24, 2.45) is 7.05 Å². The van der Waals surface area contributed by atoms with Crippen LogP contribution in [0.4, 0.5) is 0 Å². The van der Waals surface area contributed by atoms with Gasteiger partial charge in [-0.3, -0.25) is 4.79 Å². The molecule has 0 bridgehead atoms. The van der Waals surface area contributed by atoms with Crippen molar-refractivity contribution in [2.45, 2.75) is 13.8 Å². The Labute approximate surface area is 109 Å². The van der Waals surface area contributed by atoms with Gasteiger partial charge in [0.05, 0.1) is 5.69 Å². The van der Waals surface area contributed by atoms with E-state index in [1.807, 2.05) is 43.7 Å². The van der Waals surface area contributed by atoms with E-state index in [4.69, 9.17) is 4.42 Å². The molecule has 0 fully saturated rings. The summed E-state index contributed by atoms with van der Waals surface area (Å²) in [5.74, 6) is 1.43. The Bertz CT molecular complexity index is 783. The lowest BCUT2D eigenvalue weighted by atomic mass is 10.1. The van der Waals surface area contributed by atoms with Crippen LogP contribution in [-0.2, 0) is 7.05 Å². The van der Waals surface area contributed by atoms with E-state index in [2.05, 4.69) is 9.97 Å². The molecule has 19 heavy (non-hydrogen) atoms. The number of carbonyl (C=O) groups excluding carboxylic acids is 1. The summed E-state index contributed by atoms with van der Waals surface area (Å²) in [6.45, 7) is 3.68. The van der Waals surface area contributed by atoms with Gasteiger partial charge in [0.15, 0.2) is 17.8 Å². The minimum atomic E-state index is 0.440. The lowest BCUT2D eigenvalue weighted by Gasteiger charge is -2.04. The van der Waals surface area contributed by atoms with Gasteiger partial charge in [0.1, 0.15) is 17.0 Å². The molecule has 0 unspecified atom stereocenters. The highest BCUT2D eigenvalue weighted by atomic mass is 16.3. The number of hydrogen-bond acceptors (Lipinski definition) is 4. The monoisotopic (exact) mass is 255 g/mol. The minimum absolute atomic E-state index is 0.440. The zero-order chi connectivity index (χ0) is 13.6. The van der Waals surface area contributed by atoms with Crippen LogP contribution in [0.25, 0.3) is 22.4 Å². The molecular weight excluding hydrogens is 242 g/mol. The van der Waals surface area contributed by atoms with Crippen LogP contribution in [0, 0.1) is 13.8 Å². The average molecular weight is 255 g/mol. The molecule has 96 valence electrons. The van der Waals surface area contributed by atoms with E-state index in [-0.39, 0.29) is 0 Å². The van der Waals surface area contributed by atoms with Gasteiger partial charge in [-0.05, 0) is 19.1 Å². The van der Waals surface area contributed by atoms with Gasteiger partial charge >= 0.3 is 0 Å². The average Bonchev–Trinajstić information content (AvgIpc) is 2.88. The molecule has 1 aromatic carbocycles. The van der Waals surface area contributed by atoms with Crippen LogP contribution in [0.3, 0.4) is 0 Å². The maximum absolute atomic E-state index is 11.1. The van der Waals surface area contributed by atoms with Gasteiger partial charge in [-0.1, -0.05) is 6.07 Å². The molecule has 2 aromatic heterocycles. The van der Waals surface area contributed by atoms with Crippen molar-refractivity contribution in [1.29, 1.82) is 0 Å². The lowest BCUT2D eigenvalue weighted by Crippen LogP contribution is -1.95. The summed E-state index contributed by atoms with van der Waals surface area (Å²) in [5, 5.41) is 0. The number of nitrogens with zero attached hydrogens (tertiary/aromatic N) is 3. The number of rotatable bonds is 2. The van der Waals surface area contributed by atoms with Gasteiger partial charge in [0.25, 0.3) is 0 Å². The van der Waals surface area contributed by atoms with E-state index in [1.54, 1.807) is 0 Å². The maximum Gasteiger partial charge on any atom is 0.192 e. The van der Waals surface area contributed by atoms with Gasteiger partial charge in [-0.25, -0.2) is 9.97 Å². The van der Waals surface area contributed by atoms with Crippen LogP contribution in [-0.4, -0.2) is 20.8 Å². The molecule has 2 heterocycles. The minimum Gasteiger partial charge on any atom is -0.441 e. The fourth-order valence-electron chi connectivity index (χ4n) is 2.25. The molecule has 0 radical (unpaired) electrons. The van der Waals surface area contributed by atoms with Crippen molar-refractivity contribution in [3.05, 3.63) is 35.6 Å². The van der Waals surface area contributed by atoms with Gasteiger partial charge in [0.2, 0.25) is 0 Å². The number of aromatic nitrogens is 3. The summed E-state index contributed by atoms with van der Waals surface area (Å²) in [6, 6.07) is 5.70. The number of imidazole rings is 1. The van der Waals surface area contributed by atoms with E-state index < -0.39 is 0 Å². The molecular formula is C14H13N3O2. The second-order valence-corrected chi connectivity index (χ2v) is 4.49. The van der Waals surface area contributed by atoms with Crippen molar-refractivity contribution >= 4 is 17.4 Å². The Hall–Kier alpha value is -2.43. The lowest BCUT2D eigenvalue weighted by molar-refractivity contribution is 0.112. The molecule has 0 aliphatic rings. The van der Waals surface area contributed by atoms with Gasteiger partial charge in [-0.15, -0.1) is 0 Å². The van der Waals surface area contributed by atoms with Crippen LogP contribution in [0.15, 0.2) is 22.6 Å². The van der Waals surface area contributed by atoms with Crippen LogP contribution in [0.5, 0.6) is 0 Å². The van der Waals surface area contributed by atoms with E-state index in [0.29, 0.717) is 17.2 Å². The number of hydrogen-bond donors (Lipinski definition) is 0. The number of oxazole rings is 1. The Kier molecular flexibility index (Phi) is 2.48. The first kappa shape index (κ1) is 11.6. The summed E-state index contributed by atoms with van der Waals surface area (Å²) in [6.07, 6.45) is 0.776. The van der Waals surface area contributed by atoms with E-state index >= 15 is 0 Å². The van der Waals surface area contributed by atoms with E-state index in [1.165, 1.54) is 0 Å². The third-order valence-electron chi connectivity index (χ3n) is 3.23. The fourth-order valence-corrected chi connectivity index (χ4v) is 2.25. The second-order valence-electron chi connectivity index (χ2n) is 4.49. The summed E-state index contributed by atoms with van der Waals surface area (Å²) < 4.78 is 7.42. The van der Waals surface area contributed by atoms with Crippen LogP contribution in [0.1, 0.15) is 22.2 Å². The van der Waals surface area contributed by atoms with Gasteiger partial charge < -0.3 is 8.98 Å². The number of aldehydes is 1. The van der Waals surface area contributed by atoms with Crippen LogP contribution < -0.4 is 0 Å². The molecule has 3 rings (SSSR count). The first-order chi connectivity index (χ1) is 9.10. The molecule has 0 amide bonds. The molecule has 3 aromatic rings. The van der Waals surface area contributed by atoms with Gasteiger partial charge in [-0.2, -0.15) is 0 Å². The molecule has 0 atom stereocenters. The van der Waals surface area contributed by atoms with Crippen molar-refractivity contribution in [2.75, 3.05) is 0 Å². The highest BCUT2D eigenvalue weighted by Crippen LogP contribution is 2.27. The molecule has 0 saturated carbocycles. The Morgan fingerprint density at radius 1 is 1.26 bits per heavy atom. The molecule has 5 heteroatoms. The number of carbonyl (C=O) groups is 1. The zero-order valence-electron chi connectivity index (χ0n) is 11.0. The van der Waals surface area contributed by atoms with Crippen molar-refractivity contribution in [1.82, 2.24) is 14.5 Å². The normalized spacial score (nSPS) is 11.1. The quantitative estimate of drug-likeness (QED) is 0.660. The predicted molar refractivity (Wildman–Crippen MR) is 71.1 cm³/mol. The highest BCUT2D eigenvalue weighted by molar-refractivity contribution is 5.87.